The number of anilines is 3. The number of rotatable bonds is 7. The van der Waals surface area contributed by atoms with Crippen LogP contribution < -0.4 is 4.90 Å². The van der Waals surface area contributed by atoms with Crippen LogP contribution >= 0.6 is 11.3 Å². The minimum absolute atomic E-state index is 0.909. The van der Waals surface area contributed by atoms with Crippen LogP contribution in [0.15, 0.2) is 235 Å². The van der Waals surface area contributed by atoms with E-state index >= 15 is 0 Å². The Bertz CT molecular complexity index is 3460. The van der Waals surface area contributed by atoms with Crippen LogP contribution in [-0.4, -0.2) is 0 Å². The number of aryl methyl sites for hydroxylation is 1. The minimum Gasteiger partial charge on any atom is -0.456 e. The second kappa shape index (κ2) is 16.0. The monoisotopic (exact) mass is 811 g/mol. The van der Waals surface area contributed by atoms with Crippen molar-refractivity contribution in [3.05, 3.63) is 235 Å². The Kier molecular flexibility index (Phi) is 9.65. The molecule has 62 heavy (non-hydrogen) atoms. The molecule has 11 rings (SSSR count). The van der Waals surface area contributed by atoms with Gasteiger partial charge in [0.15, 0.2) is 0 Å². The van der Waals surface area contributed by atoms with Crippen LogP contribution in [0.25, 0.3) is 87.3 Å². The molecular weight excluding hydrogens is 771 g/mol. The molecule has 0 bridgehead atoms. The van der Waals surface area contributed by atoms with Gasteiger partial charge in [-0.15, -0.1) is 11.3 Å². The Labute approximate surface area is 365 Å². The second-order valence-electron chi connectivity index (χ2n) is 15.7. The van der Waals surface area contributed by atoms with E-state index in [-0.39, 0.29) is 0 Å². The third kappa shape index (κ3) is 6.99. The molecule has 294 valence electrons. The van der Waals surface area contributed by atoms with Crippen LogP contribution in [-0.2, 0) is 0 Å². The summed E-state index contributed by atoms with van der Waals surface area (Å²) in [6, 6.07) is 82.9. The van der Waals surface area contributed by atoms with Crippen molar-refractivity contribution in [3.8, 4) is 44.5 Å². The number of furan rings is 1. The van der Waals surface area contributed by atoms with E-state index in [1.165, 1.54) is 59.1 Å². The summed E-state index contributed by atoms with van der Waals surface area (Å²) < 4.78 is 7.57. The van der Waals surface area contributed by atoms with Gasteiger partial charge in [0.2, 0.25) is 0 Å². The zero-order chi connectivity index (χ0) is 41.4. The molecule has 0 radical (unpaired) electrons. The molecule has 2 heterocycles. The van der Waals surface area contributed by atoms with Gasteiger partial charge < -0.3 is 9.32 Å². The molecule has 0 aliphatic heterocycles. The van der Waals surface area contributed by atoms with Crippen molar-refractivity contribution in [2.24, 2.45) is 0 Å². The van der Waals surface area contributed by atoms with Gasteiger partial charge in [0.1, 0.15) is 11.2 Å². The summed E-state index contributed by atoms with van der Waals surface area (Å²) in [5, 5.41) is 5.93. The molecule has 0 saturated carbocycles. The third-order valence-electron chi connectivity index (χ3n) is 11.9. The highest BCUT2D eigenvalue weighted by atomic mass is 32.1. The minimum atomic E-state index is 0.909. The first kappa shape index (κ1) is 37.3. The van der Waals surface area contributed by atoms with Gasteiger partial charge in [0.05, 0.1) is 0 Å². The number of fused-ring (bicyclic) bond motifs is 6. The van der Waals surface area contributed by atoms with Crippen molar-refractivity contribution in [2.75, 3.05) is 4.90 Å². The fourth-order valence-corrected chi connectivity index (χ4v) is 9.85. The molecule has 0 saturated heterocycles. The van der Waals surface area contributed by atoms with E-state index in [2.05, 4.69) is 236 Å². The summed E-state index contributed by atoms with van der Waals surface area (Å²) in [6.07, 6.45) is 0. The normalized spacial score (nSPS) is 11.3. The van der Waals surface area contributed by atoms with E-state index in [9.17, 15) is 0 Å². The van der Waals surface area contributed by atoms with Crippen molar-refractivity contribution in [1.29, 1.82) is 0 Å². The molecule has 0 amide bonds. The Hall–Kier alpha value is -7.72. The van der Waals surface area contributed by atoms with Crippen molar-refractivity contribution in [3.63, 3.8) is 0 Å². The van der Waals surface area contributed by atoms with Crippen LogP contribution in [0.4, 0.5) is 17.1 Å². The first-order chi connectivity index (χ1) is 30.6. The predicted octanol–water partition coefficient (Wildman–Crippen LogP) is 17.5. The lowest BCUT2D eigenvalue weighted by Crippen LogP contribution is -2.09. The van der Waals surface area contributed by atoms with Crippen molar-refractivity contribution >= 4 is 71.2 Å². The lowest BCUT2D eigenvalue weighted by molar-refractivity contribution is 0.669. The standard InChI is InChI=1S/C59H41NOS/c1-40-51(20-10-8-16-45-17-9-13-23-58(45)62-40)43-28-34-50(35-29-43)60(48-18-6-3-7-19-48)49-32-26-41(27-33-49)46-30-36-52(42-14-4-2-5-15-42)54(38-46)47-25-24-44-31-37-57-59(55(44)39-47)53-21-11-12-22-56(53)61-57/h2-39H,1H3. The van der Waals surface area contributed by atoms with Crippen molar-refractivity contribution in [2.45, 2.75) is 6.92 Å². The Morgan fingerprint density at radius 3 is 1.71 bits per heavy atom. The quantitative estimate of drug-likeness (QED) is 0.159. The smallest absolute Gasteiger partial charge is 0.136 e. The zero-order valence-electron chi connectivity index (χ0n) is 34.2. The van der Waals surface area contributed by atoms with Gasteiger partial charge in [-0.25, -0.2) is 0 Å². The maximum absolute atomic E-state index is 6.30. The summed E-state index contributed by atoms with van der Waals surface area (Å²) in [5.41, 5.74) is 14.6. The molecule has 0 aliphatic carbocycles. The van der Waals surface area contributed by atoms with E-state index < -0.39 is 0 Å². The van der Waals surface area contributed by atoms with Crippen LogP contribution in [0.1, 0.15) is 4.88 Å². The van der Waals surface area contributed by atoms with E-state index in [4.69, 9.17) is 4.42 Å². The second-order valence-corrected chi connectivity index (χ2v) is 16.9. The summed E-state index contributed by atoms with van der Waals surface area (Å²) in [4.78, 5) is 3.60. The van der Waals surface area contributed by atoms with E-state index in [1.54, 1.807) is 0 Å². The van der Waals surface area contributed by atoms with Gasteiger partial charge in [-0.2, -0.15) is 0 Å². The highest BCUT2D eigenvalue weighted by molar-refractivity contribution is 7.18. The number of para-hydroxylation sites is 2. The van der Waals surface area contributed by atoms with Gasteiger partial charge in [0, 0.05) is 37.4 Å². The molecule has 11 aromatic rings. The van der Waals surface area contributed by atoms with Gasteiger partial charge >= 0.3 is 0 Å². The van der Waals surface area contributed by atoms with Crippen LogP contribution in [0, 0.1) is 6.92 Å². The number of benzene rings is 9. The molecule has 0 unspecified atom stereocenters. The molecule has 2 aromatic heterocycles. The largest absolute Gasteiger partial charge is 0.456 e. The molecule has 3 heteroatoms. The highest BCUT2D eigenvalue weighted by Crippen LogP contribution is 2.42. The fourth-order valence-electron chi connectivity index (χ4n) is 8.82. The summed E-state index contributed by atoms with van der Waals surface area (Å²) in [7, 11) is 0. The Balaban J connectivity index is 0.978. The van der Waals surface area contributed by atoms with Gasteiger partial charge in [-0.3, -0.25) is 0 Å². The van der Waals surface area contributed by atoms with Crippen LogP contribution in [0.3, 0.4) is 0 Å². The van der Waals surface area contributed by atoms with E-state index in [1.807, 2.05) is 17.4 Å². The Morgan fingerprint density at radius 1 is 0.355 bits per heavy atom. The van der Waals surface area contributed by atoms with E-state index in [0.717, 1.165) is 50.1 Å². The van der Waals surface area contributed by atoms with Crippen LogP contribution in [0.5, 0.6) is 0 Å². The summed E-state index contributed by atoms with van der Waals surface area (Å²) in [5.74, 6) is 0. The molecule has 0 aliphatic rings. The first-order valence-electron chi connectivity index (χ1n) is 21.1. The number of hydrogen-bond acceptors (Lipinski definition) is 3. The SMILES string of the molecule is Cc1sc2ccccc2ccccc1-c1ccc(N(c2ccccc2)c2ccc(-c3ccc(-c4ccccc4)c(-c4ccc5ccc6oc7ccccc7c6c5c4)c3)cc2)cc1. The third-order valence-corrected chi connectivity index (χ3v) is 13.0. The van der Waals surface area contributed by atoms with E-state index in [0.29, 0.717) is 0 Å². The lowest BCUT2D eigenvalue weighted by Gasteiger charge is -2.26. The maximum atomic E-state index is 6.30. The lowest BCUT2D eigenvalue weighted by atomic mass is 9.89. The molecule has 0 spiro atoms. The zero-order valence-corrected chi connectivity index (χ0v) is 35.0. The average molecular weight is 812 g/mol. The average Bonchev–Trinajstić information content (AvgIpc) is 3.75. The van der Waals surface area contributed by atoms with Crippen molar-refractivity contribution in [1.82, 2.24) is 0 Å². The molecule has 2 nitrogen and oxygen atoms in total. The predicted molar refractivity (Wildman–Crippen MR) is 265 cm³/mol. The number of nitrogens with zero attached hydrogens (tertiary/aromatic N) is 1. The summed E-state index contributed by atoms with van der Waals surface area (Å²) in [6.45, 7) is 2.22. The van der Waals surface area contributed by atoms with Crippen LogP contribution in [0.2, 0.25) is 0 Å². The molecule has 0 N–H and O–H groups in total. The maximum Gasteiger partial charge on any atom is 0.136 e. The topological polar surface area (TPSA) is 16.4 Å². The molecule has 0 fully saturated rings. The first-order valence-corrected chi connectivity index (χ1v) is 21.9. The fraction of sp³-hybridized carbons (Fsp3) is 0.0169. The van der Waals surface area contributed by atoms with Gasteiger partial charge in [0.25, 0.3) is 0 Å². The highest BCUT2D eigenvalue weighted by Gasteiger charge is 2.16. The Morgan fingerprint density at radius 2 is 0.935 bits per heavy atom. The molecule has 0 atom stereocenters. The number of hydrogen-bond donors (Lipinski definition) is 0. The molecular formula is C59H41NOS. The summed E-state index contributed by atoms with van der Waals surface area (Å²) >= 11 is 1.83. The van der Waals surface area contributed by atoms with Gasteiger partial charge in [-0.05, 0) is 134 Å². The van der Waals surface area contributed by atoms with Crippen molar-refractivity contribution < 1.29 is 4.42 Å². The molecule has 9 aromatic carbocycles. The van der Waals surface area contributed by atoms with Gasteiger partial charge in [-0.1, -0.05) is 164 Å².